The second-order valence-corrected chi connectivity index (χ2v) is 2.27. The number of hydrogen-bond donors (Lipinski definition) is 0. The normalized spacial score (nSPS) is 35.2. The third kappa shape index (κ3) is 0.857. The Labute approximate surface area is 50.3 Å². The van der Waals surface area contributed by atoms with E-state index in [4.69, 9.17) is 4.74 Å². The summed E-state index contributed by atoms with van der Waals surface area (Å²) in [6.45, 7) is 4.33. The summed E-state index contributed by atoms with van der Waals surface area (Å²) in [5, 5.41) is 0. The molecule has 0 saturated heterocycles. The summed E-state index contributed by atoms with van der Waals surface area (Å²) in [7, 11) is 0. The van der Waals surface area contributed by atoms with Crippen LogP contribution in [-0.2, 0) is 4.74 Å². The number of ether oxygens (including phenoxy) is 1. The molecule has 2 atom stereocenters. The molecule has 0 radical (unpaired) electrons. The summed E-state index contributed by atoms with van der Waals surface area (Å²) in [5.41, 5.74) is 0. The highest BCUT2D eigenvalue weighted by atomic mass is 16.5. The second kappa shape index (κ2) is 2.21. The van der Waals surface area contributed by atoms with E-state index in [1.54, 1.807) is 6.26 Å². The van der Waals surface area contributed by atoms with Crippen molar-refractivity contribution in [1.29, 1.82) is 0 Å². The molecule has 0 bridgehead atoms. The molecular formula is C7H12O. The van der Waals surface area contributed by atoms with Crippen LogP contribution in [0.4, 0.5) is 0 Å². The fourth-order valence-electron chi connectivity index (χ4n) is 0.986. The molecule has 1 aliphatic heterocycles. The van der Waals surface area contributed by atoms with Gasteiger partial charge in [0.05, 0.1) is 6.26 Å². The van der Waals surface area contributed by atoms with Crippen LogP contribution in [0.1, 0.15) is 20.3 Å². The van der Waals surface area contributed by atoms with Crippen molar-refractivity contribution in [1.82, 2.24) is 0 Å². The first-order chi connectivity index (χ1) is 3.84. The van der Waals surface area contributed by atoms with Gasteiger partial charge < -0.3 is 4.74 Å². The Bertz CT molecular complexity index is 96.6. The summed E-state index contributed by atoms with van der Waals surface area (Å²) >= 11 is 0. The van der Waals surface area contributed by atoms with Gasteiger partial charge in [-0.2, -0.15) is 0 Å². The first kappa shape index (κ1) is 5.67. The van der Waals surface area contributed by atoms with Gasteiger partial charge >= 0.3 is 0 Å². The monoisotopic (exact) mass is 112 g/mol. The van der Waals surface area contributed by atoms with Crippen LogP contribution in [0.5, 0.6) is 0 Å². The van der Waals surface area contributed by atoms with Gasteiger partial charge in [0.2, 0.25) is 0 Å². The molecule has 0 spiro atoms. The minimum absolute atomic E-state index is 0.454. The molecule has 0 N–H and O–H groups in total. The van der Waals surface area contributed by atoms with Gasteiger partial charge in [-0.25, -0.2) is 0 Å². The predicted octanol–water partition coefficient (Wildman–Crippen LogP) is 1.95. The Kier molecular flexibility index (Phi) is 1.56. The Balaban J connectivity index is 2.38. The molecule has 0 aromatic heterocycles. The summed E-state index contributed by atoms with van der Waals surface area (Å²) in [6, 6.07) is 0. The van der Waals surface area contributed by atoms with Crippen molar-refractivity contribution < 1.29 is 4.74 Å². The second-order valence-electron chi connectivity index (χ2n) is 2.27. The third-order valence-electron chi connectivity index (χ3n) is 1.62. The standard InChI is InChI=1S/C7H12O/c1-3-7-6(2)4-5-8-7/h4-7H,3H2,1-2H3/t6?,7-/m0/s1. The SMILES string of the molecule is CC[C@@H]1OC=CC1C. The van der Waals surface area contributed by atoms with Crippen LogP contribution in [-0.4, -0.2) is 6.10 Å². The lowest BCUT2D eigenvalue weighted by Gasteiger charge is -2.10. The van der Waals surface area contributed by atoms with E-state index in [2.05, 4.69) is 19.9 Å². The molecule has 1 heterocycles. The van der Waals surface area contributed by atoms with Crippen LogP contribution in [0, 0.1) is 5.92 Å². The Morgan fingerprint density at radius 2 is 2.38 bits per heavy atom. The fraction of sp³-hybridized carbons (Fsp3) is 0.714. The van der Waals surface area contributed by atoms with E-state index in [1.807, 2.05) is 0 Å². The van der Waals surface area contributed by atoms with Gasteiger partial charge in [-0.3, -0.25) is 0 Å². The average molecular weight is 112 g/mol. The topological polar surface area (TPSA) is 9.23 Å². The molecule has 1 nitrogen and oxygen atoms in total. The van der Waals surface area contributed by atoms with E-state index in [-0.39, 0.29) is 0 Å². The molecule has 0 fully saturated rings. The molecule has 0 aromatic rings. The van der Waals surface area contributed by atoms with Crippen LogP contribution in [0.3, 0.4) is 0 Å². The Morgan fingerprint density at radius 1 is 1.62 bits per heavy atom. The zero-order chi connectivity index (χ0) is 5.98. The number of hydrogen-bond acceptors (Lipinski definition) is 1. The molecule has 8 heavy (non-hydrogen) atoms. The van der Waals surface area contributed by atoms with Crippen molar-refractivity contribution in [3.05, 3.63) is 12.3 Å². The van der Waals surface area contributed by atoms with Gasteiger partial charge in [0.1, 0.15) is 6.10 Å². The van der Waals surface area contributed by atoms with Crippen molar-refractivity contribution in [2.45, 2.75) is 26.4 Å². The minimum atomic E-state index is 0.454. The van der Waals surface area contributed by atoms with Gasteiger partial charge in [-0.15, -0.1) is 0 Å². The Morgan fingerprint density at radius 3 is 2.62 bits per heavy atom. The Hall–Kier alpha value is -0.460. The third-order valence-corrected chi connectivity index (χ3v) is 1.62. The summed E-state index contributed by atoms with van der Waals surface area (Å²) in [4.78, 5) is 0. The molecule has 1 unspecified atom stereocenters. The smallest absolute Gasteiger partial charge is 0.104 e. The van der Waals surface area contributed by atoms with Crippen LogP contribution in [0.25, 0.3) is 0 Å². The average Bonchev–Trinajstić information content (AvgIpc) is 2.14. The van der Waals surface area contributed by atoms with Crippen LogP contribution >= 0.6 is 0 Å². The van der Waals surface area contributed by atoms with Gasteiger partial charge in [-0.1, -0.05) is 13.8 Å². The summed E-state index contributed by atoms with van der Waals surface area (Å²) < 4.78 is 5.23. The molecule has 1 aliphatic rings. The van der Waals surface area contributed by atoms with Crippen LogP contribution < -0.4 is 0 Å². The highest BCUT2D eigenvalue weighted by Gasteiger charge is 2.16. The first-order valence-electron chi connectivity index (χ1n) is 3.16. The van der Waals surface area contributed by atoms with E-state index in [0.717, 1.165) is 6.42 Å². The van der Waals surface area contributed by atoms with Crippen molar-refractivity contribution in [2.75, 3.05) is 0 Å². The van der Waals surface area contributed by atoms with Crippen LogP contribution in [0.2, 0.25) is 0 Å². The lowest BCUT2D eigenvalue weighted by molar-refractivity contribution is 0.136. The predicted molar refractivity (Wildman–Crippen MR) is 33.5 cm³/mol. The maximum atomic E-state index is 5.23. The highest BCUT2D eigenvalue weighted by molar-refractivity contribution is 4.92. The molecular weight excluding hydrogens is 100 g/mol. The van der Waals surface area contributed by atoms with Crippen LogP contribution in [0.15, 0.2) is 12.3 Å². The van der Waals surface area contributed by atoms with Crippen molar-refractivity contribution >= 4 is 0 Å². The summed E-state index contributed by atoms with van der Waals surface area (Å²) in [5.74, 6) is 0.625. The van der Waals surface area contributed by atoms with Gasteiger partial charge in [0.25, 0.3) is 0 Å². The molecule has 0 amide bonds. The quantitative estimate of drug-likeness (QED) is 0.503. The van der Waals surface area contributed by atoms with E-state index in [0.29, 0.717) is 12.0 Å². The summed E-state index contributed by atoms with van der Waals surface area (Å²) in [6.07, 6.45) is 5.48. The highest BCUT2D eigenvalue weighted by Crippen LogP contribution is 2.18. The van der Waals surface area contributed by atoms with E-state index >= 15 is 0 Å². The van der Waals surface area contributed by atoms with Crippen molar-refractivity contribution in [2.24, 2.45) is 5.92 Å². The first-order valence-corrected chi connectivity index (χ1v) is 3.16. The molecule has 0 saturated carbocycles. The molecule has 0 aliphatic carbocycles. The van der Waals surface area contributed by atoms with Crippen molar-refractivity contribution in [3.8, 4) is 0 Å². The van der Waals surface area contributed by atoms with Gasteiger partial charge in [0, 0.05) is 5.92 Å². The van der Waals surface area contributed by atoms with Gasteiger partial charge in [0.15, 0.2) is 0 Å². The van der Waals surface area contributed by atoms with Crippen molar-refractivity contribution in [3.63, 3.8) is 0 Å². The largest absolute Gasteiger partial charge is 0.498 e. The molecule has 0 aromatic carbocycles. The van der Waals surface area contributed by atoms with Gasteiger partial charge in [-0.05, 0) is 12.5 Å². The zero-order valence-electron chi connectivity index (χ0n) is 5.42. The van der Waals surface area contributed by atoms with E-state index < -0.39 is 0 Å². The number of rotatable bonds is 1. The maximum absolute atomic E-state index is 5.23. The van der Waals surface area contributed by atoms with E-state index in [9.17, 15) is 0 Å². The molecule has 1 heteroatoms. The molecule has 46 valence electrons. The maximum Gasteiger partial charge on any atom is 0.104 e. The lowest BCUT2D eigenvalue weighted by atomic mass is 10.1. The minimum Gasteiger partial charge on any atom is -0.498 e. The lowest BCUT2D eigenvalue weighted by Crippen LogP contribution is -2.11. The molecule has 1 rings (SSSR count). The zero-order valence-corrected chi connectivity index (χ0v) is 5.42. The fourth-order valence-corrected chi connectivity index (χ4v) is 0.986. The van der Waals surface area contributed by atoms with E-state index in [1.165, 1.54) is 0 Å².